The van der Waals surface area contributed by atoms with Crippen LogP contribution >= 0.6 is 0 Å². The topological polar surface area (TPSA) is 106 Å². The Hall–Kier alpha value is -0.890. The maximum absolute atomic E-state index is 11.0. The molecule has 18 heavy (non-hydrogen) atoms. The molecule has 2 unspecified atom stereocenters. The molecule has 4 N–H and O–H groups in total. The standard InChI is InChI=1S/C11H18N2O4S/c12-18(15,16)11-4-3-10(17-11)7-13-6-8-1-2-9(14)5-8/h3-4,8-9,13-14H,1-2,5-7H2,(H2,12,15,16). The molecule has 1 aromatic heterocycles. The second kappa shape index (κ2) is 5.40. The Morgan fingerprint density at radius 2 is 2.22 bits per heavy atom. The molecular formula is C11H18N2O4S. The van der Waals surface area contributed by atoms with Crippen molar-refractivity contribution in [3.63, 3.8) is 0 Å². The first-order valence-corrected chi connectivity index (χ1v) is 7.50. The van der Waals surface area contributed by atoms with Gasteiger partial charge in [0.2, 0.25) is 5.09 Å². The fraction of sp³-hybridized carbons (Fsp3) is 0.636. The van der Waals surface area contributed by atoms with Crippen LogP contribution in [0.1, 0.15) is 25.0 Å². The molecule has 6 nitrogen and oxygen atoms in total. The zero-order valence-corrected chi connectivity index (χ0v) is 10.8. The first-order chi connectivity index (χ1) is 8.45. The lowest BCUT2D eigenvalue weighted by molar-refractivity contribution is 0.177. The van der Waals surface area contributed by atoms with Crippen LogP contribution in [0.15, 0.2) is 21.6 Å². The van der Waals surface area contributed by atoms with Crippen LogP contribution in [-0.4, -0.2) is 26.2 Å². The number of hydrogen-bond acceptors (Lipinski definition) is 5. The molecule has 1 aliphatic carbocycles. The van der Waals surface area contributed by atoms with Gasteiger partial charge in [-0.25, -0.2) is 13.6 Å². The van der Waals surface area contributed by atoms with Crippen LogP contribution in [-0.2, 0) is 16.6 Å². The summed E-state index contributed by atoms with van der Waals surface area (Å²) in [7, 11) is -3.76. The van der Waals surface area contributed by atoms with E-state index < -0.39 is 10.0 Å². The number of aliphatic hydroxyl groups excluding tert-OH is 1. The number of aliphatic hydroxyl groups is 1. The van der Waals surface area contributed by atoms with Crippen molar-refractivity contribution in [1.82, 2.24) is 5.32 Å². The van der Waals surface area contributed by atoms with Gasteiger partial charge in [0, 0.05) is 0 Å². The van der Waals surface area contributed by atoms with Crippen molar-refractivity contribution >= 4 is 10.0 Å². The van der Waals surface area contributed by atoms with Crippen LogP contribution in [0.25, 0.3) is 0 Å². The molecule has 7 heteroatoms. The number of nitrogens with two attached hydrogens (primary N) is 1. The minimum absolute atomic E-state index is 0.172. The Kier molecular flexibility index (Phi) is 4.06. The summed E-state index contributed by atoms with van der Waals surface area (Å²) in [6, 6.07) is 2.95. The molecule has 0 saturated heterocycles. The SMILES string of the molecule is NS(=O)(=O)c1ccc(CNCC2CCC(O)C2)o1. The number of furan rings is 1. The number of primary sulfonamides is 1. The fourth-order valence-corrected chi connectivity index (χ4v) is 2.72. The molecule has 1 aliphatic rings. The highest BCUT2D eigenvalue weighted by Crippen LogP contribution is 2.24. The molecule has 0 spiro atoms. The van der Waals surface area contributed by atoms with Crippen molar-refractivity contribution in [3.8, 4) is 0 Å². The third-order valence-electron chi connectivity index (χ3n) is 3.16. The molecule has 1 saturated carbocycles. The summed E-state index contributed by atoms with van der Waals surface area (Å²) >= 11 is 0. The first kappa shape index (κ1) is 13.5. The van der Waals surface area contributed by atoms with Crippen molar-refractivity contribution in [2.24, 2.45) is 11.1 Å². The molecule has 1 fully saturated rings. The van der Waals surface area contributed by atoms with Crippen molar-refractivity contribution in [2.45, 2.75) is 37.0 Å². The summed E-state index contributed by atoms with van der Waals surface area (Å²) in [5.41, 5.74) is 0. The minimum Gasteiger partial charge on any atom is -0.447 e. The molecule has 0 aromatic carbocycles. The number of rotatable bonds is 5. The third kappa shape index (κ3) is 3.55. The molecule has 1 aromatic rings. The van der Waals surface area contributed by atoms with Crippen LogP contribution in [0, 0.1) is 5.92 Å². The van der Waals surface area contributed by atoms with Gasteiger partial charge in [0.05, 0.1) is 12.6 Å². The van der Waals surface area contributed by atoms with Gasteiger partial charge < -0.3 is 14.8 Å². The molecule has 2 rings (SSSR count). The molecule has 0 radical (unpaired) electrons. The molecule has 0 amide bonds. The van der Waals surface area contributed by atoms with Gasteiger partial charge in [-0.05, 0) is 43.9 Å². The van der Waals surface area contributed by atoms with Gasteiger partial charge in [-0.1, -0.05) is 0 Å². The Morgan fingerprint density at radius 1 is 1.44 bits per heavy atom. The Labute approximate surface area is 106 Å². The second-order valence-corrected chi connectivity index (χ2v) is 6.22. The molecule has 102 valence electrons. The van der Waals surface area contributed by atoms with E-state index in [-0.39, 0.29) is 11.2 Å². The summed E-state index contributed by atoms with van der Waals surface area (Å²) in [5, 5.41) is 17.3. The molecule has 2 atom stereocenters. The van der Waals surface area contributed by atoms with E-state index in [9.17, 15) is 13.5 Å². The Bertz CT molecular complexity index is 497. The summed E-state index contributed by atoms with van der Waals surface area (Å²) in [6.45, 7) is 1.25. The lowest BCUT2D eigenvalue weighted by Crippen LogP contribution is -2.21. The van der Waals surface area contributed by atoms with E-state index in [0.717, 1.165) is 25.8 Å². The quantitative estimate of drug-likeness (QED) is 0.710. The highest BCUT2D eigenvalue weighted by Gasteiger charge is 2.22. The minimum atomic E-state index is -3.76. The molecule has 0 aliphatic heterocycles. The zero-order chi connectivity index (χ0) is 13.2. The lowest BCUT2D eigenvalue weighted by atomic mass is 10.1. The van der Waals surface area contributed by atoms with E-state index in [4.69, 9.17) is 9.56 Å². The maximum Gasteiger partial charge on any atom is 0.271 e. The summed E-state index contributed by atoms with van der Waals surface area (Å²) in [6.07, 6.45) is 2.54. The van der Waals surface area contributed by atoms with E-state index >= 15 is 0 Å². The predicted octanol–water partition coefficient (Wildman–Crippen LogP) is 0.178. The average Bonchev–Trinajstić information content (AvgIpc) is 2.87. The van der Waals surface area contributed by atoms with E-state index in [1.165, 1.54) is 6.07 Å². The number of nitrogens with one attached hydrogen (secondary N) is 1. The van der Waals surface area contributed by atoms with Crippen LogP contribution < -0.4 is 10.5 Å². The van der Waals surface area contributed by atoms with Crippen LogP contribution in [0.4, 0.5) is 0 Å². The Morgan fingerprint density at radius 3 is 2.78 bits per heavy atom. The van der Waals surface area contributed by atoms with Crippen molar-refractivity contribution in [2.75, 3.05) is 6.54 Å². The molecule has 0 bridgehead atoms. The Balaban J connectivity index is 1.79. The number of hydrogen-bond donors (Lipinski definition) is 3. The zero-order valence-electron chi connectivity index (χ0n) is 10.0. The lowest BCUT2D eigenvalue weighted by Gasteiger charge is -2.09. The van der Waals surface area contributed by atoms with E-state index in [1.54, 1.807) is 6.07 Å². The summed E-state index contributed by atoms with van der Waals surface area (Å²) < 4.78 is 27.1. The highest BCUT2D eigenvalue weighted by atomic mass is 32.2. The van der Waals surface area contributed by atoms with Gasteiger partial charge in [-0.3, -0.25) is 0 Å². The first-order valence-electron chi connectivity index (χ1n) is 5.95. The van der Waals surface area contributed by atoms with Gasteiger partial charge in [-0.2, -0.15) is 0 Å². The van der Waals surface area contributed by atoms with Crippen LogP contribution in [0.3, 0.4) is 0 Å². The van der Waals surface area contributed by atoms with Crippen molar-refractivity contribution in [1.29, 1.82) is 0 Å². The van der Waals surface area contributed by atoms with Gasteiger partial charge in [0.1, 0.15) is 5.76 Å². The number of sulfonamides is 1. The summed E-state index contributed by atoms with van der Waals surface area (Å²) in [4.78, 5) is 0. The van der Waals surface area contributed by atoms with Crippen LogP contribution in [0.2, 0.25) is 0 Å². The van der Waals surface area contributed by atoms with E-state index in [1.807, 2.05) is 0 Å². The van der Waals surface area contributed by atoms with Gasteiger partial charge in [0.15, 0.2) is 0 Å². The van der Waals surface area contributed by atoms with Crippen molar-refractivity contribution < 1.29 is 17.9 Å². The normalized spacial score (nSPS) is 24.6. The average molecular weight is 274 g/mol. The smallest absolute Gasteiger partial charge is 0.271 e. The van der Waals surface area contributed by atoms with Gasteiger partial charge >= 0.3 is 0 Å². The van der Waals surface area contributed by atoms with Gasteiger partial charge in [-0.15, -0.1) is 0 Å². The maximum atomic E-state index is 11.0. The fourth-order valence-electron chi connectivity index (χ4n) is 2.24. The van der Waals surface area contributed by atoms with E-state index in [0.29, 0.717) is 18.2 Å². The van der Waals surface area contributed by atoms with Gasteiger partial charge in [0.25, 0.3) is 10.0 Å². The van der Waals surface area contributed by atoms with E-state index in [2.05, 4.69) is 5.32 Å². The third-order valence-corrected chi connectivity index (χ3v) is 3.94. The predicted molar refractivity (Wildman–Crippen MR) is 65.1 cm³/mol. The van der Waals surface area contributed by atoms with Crippen molar-refractivity contribution in [3.05, 3.63) is 17.9 Å². The summed E-state index contributed by atoms with van der Waals surface area (Å²) in [5.74, 6) is 1.02. The molecule has 1 heterocycles. The molecular weight excluding hydrogens is 256 g/mol. The largest absolute Gasteiger partial charge is 0.447 e. The second-order valence-electron chi connectivity index (χ2n) is 4.73. The highest BCUT2D eigenvalue weighted by molar-refractivity contribution is 7.89. The monoisotopic (exact) mass is 274 g/mol. The van der Waals surface area contributed by atoms with Crippen LogP contribution in [0.5, 0.6) is 0 Å².